The van der Waals surface area contributed by atoms with E-state index < -0.39 is 0 Å². The van der Waals surface area contributed by atoms with Gasteiger partial charge in [-0.25, -0.2) is 0 Å². The fourth-order valence-electron chi connectivity index (χ4n) is 2.76. The van der Waals surface area contributed by atoms with Crippen LogP contribution in [-0.2, 0) is 18.0 Å². The van der Waals surface area contributed by atoms with Gasteiger partial charge in [-0.3, -0.25) is 4.79 Å². The summed E-state index contributed by atoms with van der Waals surface area (Å²) in [4.78, 5) is 12.2. The van der Waals surface area contributed by atoms with Crippen molar-refractivity contribution in [1.82, 2.24) is 5.32 Å². The molecule has 1 heterocycles. The summed E-state index contributed by atoms with van der Waals surface area (Å²) in [6.07, 6.45) is 0.854. The number of carbonyl (C=O) groups excluding carboxylic acids is 1. The van der Waals surface area contributed by atoms with Crippen molar-refractivity contribution in [3.63, 3.8) is 0 Å². The molecule has 1 saturated carbocycles. The van der Waals surface area contributed by atoms with E-state index in [-0.39, 0.29) is 23.4 Å². The van der Waals surface area contributed by atoms with Crippen LogP contribution in [0.15, 0.2) is 18.2 Å². The second-order valence-corrected chi connectivity index (χ2v) is 6.17. The molecule has 1 aromatic rings. The number of hydrogen-bond donors (Lipinski definition) is 2. The summed E-state index contributed by atoms with van der Waals surface area (Å²) in [7, 11) is 0. The zero-order chi connectivity index (χ0) is 13.6. The minimum atomic E-state index is -0.0184. The van der Waals surface area contributed by atoms with Crippen LogP contribution >= 0.6 is 0 Å². The van der Waals surface area contributed by atoms with Crippen LogP contribution in [0, 0.1) is 5.41 Å². The number of amides is 1. The third-order valence-electron chi connectivity index (χ3n) is 4.63. The molecular weight excluding hydrogens is 240 g/mol. The van der Waals surface area contributed by atoms with E-state index in [0.29, 0.717) is 18.8 Å². The van der Waals surface area contributed by atoms with Gasteiger partial charge in [0.15, 0.2) is 0 Å². The van der Waals surface area contributed by atoms with Crippen molar-refractivity contribution in [2.75, 3.05) is 0 Å². The zero-order valence-corrected chi connectivity index (χ0v) is 11.4. The monoisotopic (exact) mass is 260 g/mol. The summed E-state index contributed by atoms with van der Waals surface area (Å²) in [5, 5.41) is 3.08. The first-order valence-electron chi connectivity index (χ1n) is 6.74. The van der Waals surface area contributed by atoms with Crippen LogP contribution < -0.4 is 11.1 Å². The van der Waals surface area contributed by atoms with E-state index in [1.807, 2.05) is 18.2 Å². The molecule has 4 heteroatoms. The van der Waals surface area contributed by atoms with Crippen LogP contribution in [0.5, 0.6) is 0 Å². The van der Waals surface area contributed by atoms with Crippen LogP contribution in [0.4, 0.5) is 0 Å². The predicted octanol–water partition coefficient (Wildman–Crippen LogP) is 1.57. The molecule has 1 aliphatic carbocycles. The van der Waals surface area contributed by atoms with Crippen molar-refractivity contribution < 1.29 is 9.53 Å². The van der Waals surface area contributed by atoms with Gasteiger partial charge in [-0.2, -0.15) is 0 Å². The third kappa shape index (κ3) is 2.05. The van der Waals surface area contributed by atoms with Gasteiger partial charge >= 0.3 is 0 Å². The minimum Gasteiger partial charge on any atom is -0.372 e. The van der Waals surface area contributed by atoms with Gasteiger partial charge in [0.05, 0.1) is 13.2 Å². The van der Waals surface area contributed by atoms with E-state index in [0.717, 1.165) is 12.0 Å². The molecule has 1 amide bonds. The lowest BCUT2D eigenvalue weighted by Crippen LogP contribution is -2.64. The standard InChI is InChI=1S/C15H20N2O2/c1-15(2)12(16)6-13(15)17-14(18)9-3-4-10-7-19-8-11(10)5-9/h3-5,12-13H,6-8,16H2,1-2H3,(H,17,18). The predicted molar refractivity (Wildman–Crippen MR) is 72.6 cm³/mol. The highest BCUT2D eigenvalue weighted by Gasteiger charge is 2.46. The lowest BCUT2D eigenvalue weighted by Gasteiger charge is -2.50. The van der Waals surface area contributed by atoms with E-state index in [2.05, 4.69) is 19.2 Å². The molecule has 2 unspecified atom stereocenters. The molecule has 4 nitrogen and oxygen atoms in total. The number of fused-ring (bicyclic) bond motifs is 1. The van der Waals surface area contributed by atoms with Gasteiger partial charge < -0.3 is 15.8 Å². The summed E-state index contributed by atoms with van der Waals surface area (Å²) >= 11 is 0. The highest BCUT2D eigenvalue weighted by Crippen LogP contribution is 2.39. The molecule has 102 valence electrons. The van der Waals surface area contributed by atoms with Gasteiger partial charge in [0.25, 0.3) is 5.91 Å². The Labute approximate surface area is 113 Å². The Morgan fingerprint density at radius 1 is 1.37 bits per heavy atom. The molecule has 2 aliphatic rings. The van der Waals surface area contributed by atoms with Gasteiger partial charge in [0.2, 0.25) is 0 Å². The van der Waals surface area contributed by atoms with Crippen molar-refractivity contribution in [3.05, 3.63) is 34.9 Å². The smallest absolute Gasteiger partial charge is 0.251 e. The van der Waals surface area contributed by atoms with Gasteiger partial charge in [-0.15, -0.1) is 0 Å². The highest BCUT2D eigenvalue weighted by atomic mass is 16.5. The van der Waals surface area contributed by atoms with Crippen LogP contribution in [0.2, 0.25) is 0 Å². The second kappa shape index (κ2) is 4.32. The first kappa shape index (κ1) is 12.6. The summed E-state index contributed by atoms with van der Waals surface area (Å²) in [6.45, 7) is 5.46. The Morgan fingerprint density at radius 2 is 2.11 bits per heavy atom. The Kier molecular flexibility index (Phi) is 2.87. The molecular formula is C15H20N2O2. The average Bonchev–Trinajstić information content (AvgIpc) is 2.85. The van der Waals surface area contributed by atoms with Crippen LogP contribution in [0.1, 0.15) is 41.8 Å². The lowest BCUT2D eigenvalue weighted by atomic mass is 9.63. The van der Waals surface area contributed by atoms with Gasteiger partial charge in [0, 0.05) is 23.1 Å². The van der Waals surface area contributed by atoms with E-state index >= 15 is 0 Å². The molecule has 2 atom stereocenters. The Morgan fingerprint density at radius 3 is 2.79 bits per heavy atom. The van der Waals surface area contributed by atoms with E-state index in [1.54, 1.807) is 0 Å². The Hall–Kier alpha value is -1.39. The number of nitrogens with one attached hydrogen (secondary N) is 1. The first-order valence-corrected chi connectivity index (χ1v) is 6.74. The zero-order valence-electron chi connectivity index (χ0n) is 11.4. The molecule has 3 N–H and O–H groups in total. The first-order chi connectivity index (χ1) is 8.98. The minimum absolute atomic E-state index is 0.0142. The molecule has 1 fully saturated rings. The molecule has 0 saturated heterocycles. The molecule has 3 rings (SSSR count). The van der Waals surface area contributed by atoms with Crippen LogP contribution in [0.3, 0.4) is 0 Å². The third-order valence-corrected chi connectivity index (χ3v) is 4.63. The highest BCUT2D eigenvalue weighted by molar-refractivity contribution is 5.94. The van der Waals surface area contributed by atoms with Gasteiger partial charge in [-0.1, -0.05) is 19.9 Å². The molecule has 0 bridgehead atoms. The summed E-state index contributed by atoms with van der Waals surface area (Å²) in [5.74, 6) is -0.0142. The van der Waals surface area contributed by atoms with Crippen molar-refractivity contribution in [2.45, 2.75) is 45.6 Å². The number of nitrogens with two attached hydrogens (primary N) is 1. The quantitative estimate of drug-likeness (QED) is 0.848. The molecule has 19 heavy (non-hydrogen) atoms. The van der Waals surface area contributed by atoms with E-state index in [4.69, 9.17) is 10.5 Å². The molecule has 0 spiro atoms. The maximum Gasteiger partial charge on any atom is 0.251 e. The van der Waals surface area contributed by atoms with Crippen molar-refractivity contribution >= 4 is 5.91 Å². The Balaban J connectivity index is 1.71. The number of carbonyl (C=O) groups is 1. The van der Waals surface area contributed by atoms with Crippen LogP contribution in [0.25, 0.3) is 0 Å². The van der Waals surface area contributed by atoms with Crippen molar-refractivity contribution in [3.8, 4) is 0 Å². The fraction of sp³-hybridized carbons (Fsp3) is 0.533. The molecule has 1 aromatic carbocycles. The average molecular weight is 260 g/mol. The summed E-state index contributed by atoms with van der Waals surface area (Å²) < 4.78 is 5.36. The second-order valence-electron chi connectivity index (χ2n) is 6.17. The molecule has 0 radical (unpaired) electrons. The number of hydrogen-bond acceptors (Lipinski definition) is 3. The molecule has 1 aliphatic heterocycles. The summed E-state index contributed by atoms with van der Waals surface area (Å²) in [5.41, 5.74) is 8.96. The number of benzene rings is 1. The number of ether oxygens (including phenoxy) is 1. The lowest BCUT2D eigenvalue weighted by molar-refractivity contribution is 0.0586. The SMILES string of the molecule is CC1(C)C(N)CC1NC(=O)c1ccc2c(c1)COC2. The number of rotatable bonds is 2. The van der Waals surface area contributed by atoms with E-state index in [9.17, 15) is 4.79 Å². The van der Waals surface area contributed by atoms with E-state index in [1.165, 1.54) is 5.56 Å². The normalized spacial score (nSPS) is 27.5. The fourth-order valence-corrected chi connectivity index (χ4v) is 2.76. The Bertz CT molecular complexity index is 525. The van der Waals surface area contributed by atoms with Crippen molar-refractivity contribution in [2.24, 2.45) is 11.1 Å². The van der Waals surface area contributed by atoms with Gasteiger partial charge in [-0.05, 0) is 29.7 Å². The van der Waals surface area contributed by atoms with Crippen molar-refractivity contribution in [1.29, 1.82) is 0 Å². The van der Waals surface area contributed by atoms with Crippen LogP contribution in [-0.4, -0.2) is 18.0 Å². The van der Waals surface area contributed by atoms with Gasteiger partial charge in [0.1, 0.15) is 0 Å². The molecule has 0 aromatic heterocycles. The largest absolute Gasteiger partial charge is 0.372 e. The maximum absolute atomic E-state index is 12.2. The summed E-state index contributed by atoms with van der Waals surface area (Å²) in [6, 6.07) is 6.12. The topological polar surface area (TPSA) is 64.3 Å². The maximum atomic E-state index is 12.2.